The average Bonchev–Trinajstić information content (AvgIpc) is 3.21. The number of aliphatic hydroxyl groups excluding tert-OH is 5. The van der Waals surface area contributed by atoms with Crippen molar-refractivity contribution in [2.75, 3.05) is 13.2 Å². The zero-order chi connectivity index (χ0) is 43.6. The zero-order valence-corrected chi connectivity index (χ0v) is 37.2. The molecular formula is C45H81O13P. The molecule has 14 heteroatoms. The van der Waals surface area contributed by atoms with Gasteiger partial charge in [-0.15, -0.1) is 0 Å². The lowest BCUT2D eigenvalue weighted by molar-refractivity contribution is -0.220. The van der Waals surface area contributed by atoms with Crippen molar-refractivity contribution in [1.82, 2.24) is 0 Å². The van der Waals surface area contributed by atoms with Gasteiger partial charge >= 0.3 is 19.8 Å². The van der Waals surface area contributed by atoms with Crippen molar-refractivity contribution in [1.29, 1.82) is 0 Å². The fraction of sp³-hybridized carbons (Fsp3) is 0.822. The van der Waals surface area contributed by atoms with E-state index >= 15 is 0 Å². The molecule has 0 aromatic heterocycles. The molecule has 0 saturated heterocycles. The number of phosphoric ester groups is 1. The molecular weight excluding hydrogens is 779 g/mol. The molecule has 0 radical (unpaired) electrons. The summed E-state index contributed by atoms with van der Waals surface area (Å²) in [5.74, 6) is -1.12. The van der Waals surface area contributed by atoms with E-state index in [-0.39, 0.29) is 12.8 Å². The summed E-state index contributed by atoms with van der Waals surface area (Å²) in [6.07, 6.45) is 26.3. The smallest absolute Gasteiger partial charge is 0.462 e. The topological polar surface area (TPSA) is 210 Å². The van der Waals surface area contributed by atoms with E-state index in [2.05, 4.69) is 50.3 Å². The van der Waals surface area contributed by atoms with E-state index in [1.165, 1.54) is 70.6 Å². The molecule has 13 nitrogen and oxygen atoms in total. The van der Waals surface area contributed by atoms with E-state index in [1.807, 2.05) is 0 Å². The molecule has 0 spiro atoms. The van der Waals surface area contributed by atoms with E-state index in [9.17, 15) is 44.6 Å². The number of phosphoric acid groups is 1. The molecule has 1 aliphatic rings. The second-order valence-corrected chi connectivity index (χ2v) is 17.3. The number of esters is 2. The quantitative estimate of drug-likeness (QED) is 0.0150. The summed E-state index contributed by atoms with van der Waals surface area (Å²) in [6.45, 7) is 3.17. The number of allylic oxidation sites excluding steroid dienone is 6. The number of hydrogen-bond acceptors (Lipinski definition) is 12. The van der Waals surface area contributed by atoms with Crippen LogP contribution in [0.4, 0.5) is 0 Å². The number of rotatable bonds is 37. The number of aliphatic hydroxyl groups is 5. The first-order chi connectivity index (χ1) is 28.4. The molecule has 0 amide bonds. The lowest BCUT2D eigenvalue weighted by Gasteiger charge is -2.41. The van der Waals surface area contributed by atoms with Crippen molar-refractivity contribution < 1.29 is 63.1 Å². The minimum atomic E-state index is -5.12. The number of carbonyl (C=O) groups is 2. The predicted molar refractivity (Wildman–Crippen MR) is 230 cm³/mol. The largest absolute Gasteiger partial charge is 0.472 e. The molecule has 1 rings (SSSR count). The Kier molecular flexibility index (Phi) is 33.3. The zero-order valence-electron chi connectivity index (χ0n) is 36.3. The van der Waals surface area contributed by atoms with Gasteiger partial charge in [-0.25, -0.2) is 4.57 Å². The van der Waals surface area contributed by atoms with Gasteiger partial charge < -0.3 is 39.9 Å². The molecule has 344 valence electrons. The molecule has 8 atom stereocenters. The Labute approximate surface area is 355 Å². The Hall–Kier alpha value is -1.93. The fourth-order valence-corrected chi connectivity index (χ4v) is 7.80. The number of hydrogen-bond donors (Lipinski definition) is 6. The van der Waals surface area contributed by atoms with Crippen LogP contribution < -0.4 is 0 Å². The maximum Gasteiger partial charge on any atom is 0.472 e. The van der Waals surface area contributed by atoms with Crippen LogP contribution in [0.25, 0.3) is 0 Å². The van der Waals surface area contributed by atoms with Gasteiger partial charge in [0.25, 0.3) is 0 Å². The molecule has 6 N–H and O–H groups in total. The Balaban J connectivity index is 2.47. The Bertz CT molecular complexity index is 1180. The molecule has 0 aromatic carbocycles. The summed E-state index contributed by atoms with van der Waals surface area (Å²) in [7, 11) is -5.12. The third kappa shape index (κ3) is 28.3. The Morgan fingerprint density at radius 2 is 0.966 bits per heavy atom. The minimum Gasteiger partial charge on any atom is -0.462 e. The van der Waals surface area contributed by atoms with Crippen LogP contribution in [0.15, 0.2) is 36.5 Å². The summed E-state index contributed by atoms with van der Waals surface area (Å²) >= 11 is 0. The van der Waals surface area contributed by atoms with Gasteiger partial charge in [0, 0.05) is 12.8 Å². The average molecular weight is 861 g/mol. The van der Waals surface area contributed by atoms with Crippen LogP contribution in [0.3, 0.4) is 0 Å². The lowest BCUT2D eigenvalue weighted by Crippen LogP contribution is -2.64. The molecule has 59 heavy (non-hydrogen) atoms. The van der Waals surface area contributed by atoms with E-state index in [1.54, 1.807) is 0 Å². The molecule has 3 unspecified atom stereocenters. The van der Waals surface area contributed by atoms with Crippen LogP contribution in [0.2, 0.25) is 0 Å². The van der Waals surface area contributed by atoms with Crippen molar-refractivity contribution in [2.24, 2.45) is 0 Å². The van der Waals surface area contributed by atoms with Crippen LogP contribution in [0.1, 0.15) is 181 Å². The van der Waals surface area contributed by atoms with E-state index in [0.717, 1.165) is 70.6 Å². The lowest BCUT2D eigenvalue weighted by atomic mass is 9.85. The highest BCUT2D eigenvalue weighted by Crippen LogP contribution is 2.47. The molecule has 1 saturated carbocycles. The van der Waals surface area contributed by atoms with Gasteiger partial charge in [0.15, 0.2) is 6.10 Å². The first-order valence-electron chi connectivity index (χ1n) is 22.8. The van der Waals surface area contributed by atoms with Gasteiger partial charge in [-0.3, -0.25) is 18.6 Å². The third-order valence-electron chi connectivity index (χ3n) is 10.5. The first-order valence-corrected chi connectivity index (χ1v) is 24.3. The summed E-state index contributed by atoms with van der Waals surface area (Å²) < 4.78 is 33.5. The van der Waals surface area contributed by atoms with Crippen LogP contribution in [-0.4, -0.2) is 98.3 Å². The van der Waals surface area contributed by atoms with Gasteiger partial charge in [0.2, 0.25) is 0 Å². The Morgan fingerprint density at radius 1 is 0.542 bits per heavy atom. The van der Waals surface area contributed by atoms with Gasteiger partial charge in [0.05, 0.1) is 6.61 Å². The third-order valence-corrected chi connectivity index (χ3v) is 11.5. The molecule has 0 heterocycles. The van der Waals surface area contributed by atoms with E-state index in [4.69, 9.17) is 18.5 Å². The van der Waals surface area contributed by atoms with E-state index < -0.39 is 75.7 Å². The maximum absolute atomic E-state index is 12.8. The van der Waals surface area contributed by atoms with Crippen molar-refractivity contribution in [3.63, 3.8) is 0 Å². The summed E-state index contributed by atoms with van der Waals surface area (Å²) in [5.41, 5.74) is 0. The summed E-state index contributed by atoms with van der Waals surface area (Å²) in [6, 6.07) is 0. The van der Waals surface area contributed by atoms with Crippen molar-refractivity contribution in [2.45, 2.75) is 224 Å². The second kappa shape index (κ2) is 35.6. The Morgan fingerprint density at radius 3 is 1.47 bits per heavy atom. The standard InChI is InChI=1S/C45H81O13P/c1-3-5-7-9-11-13-15-17-19-21-23-25-27-29-31-33-38(46)55-35-37(36-56-59(53,54)58-45-43(51)41(49)40(48)42(50)44(45)52)57-39(47)34-32-30-28-26-24-22-20-18-16-14-12-10-8-6-4-2/h6,8,12,14,18,20,37,40-45,48-52H,3-5,7,9-11,13,15-17,19,21-36H2,1-2H3,(H,53,54)/b8-6-,14-12-,20-18-/t37-,40?,41-,42+,43-,44-,45?/m1/s1. The van der Waals surface area contributed by atoms with E-state index in [0.29, 0.717) is 12.8 Å². The predicted octanol–water partition coefficient (Wildman–Crippen LogP) is 8.61. The van der Waals surface area contributed by atoms with Gasteiger partial charge in [0.1, 0.15) is 43.2 Å². The highest BCUT2D eigenvalue weighted by Gasteiger charge is 2.51. The van der Waals surface area contributed by atoms with Crippen LogP contribution in [-0.2, 0) is 32.7 Å². The van der Waals surface area contributed by atoms with Gasteiger partial charge in [-0.1, -0.05) is 159 Å². The SMILES string of the molecule is CC/C=C\C/C=C\C/C=C\CCCCCCCC(=O)O[C@H](COC(=O)CCCCCCCCCCCCCCCCC)COP(=O)(O)OC1[C@H](O)[C@H](O)C(O)[C@H](O)[C@H]1O. The number of carbonyl (C=O) groups excluding carboxylic acids is 2. The maximum atomic E-state index is 12.8. The monoisotopic (exact) mass is 861 g/mol. The molecule has 1 aliphatic carbocycles. The van der Waals surface area contributed by atoms with Crippen LogP contribution in [0.5, 0.6) is 0 Å². The van der Waals surface area contributed by atoms with Gasteiger partial charge in [-0.05, 0) is 44.9 Å². The number of unbranched alkanes of at least 4 members (excludes halogenated alkanes) is 19. The van der Waals surface area contributed by atoms with Crippen LogP contribution in [0, 0.1) is 0 Å². The molecule has 0 aliphatic heterocycles. The molecule has 0 aromatic rings. The normalized spacial score (nSPS) is 22.6. The highest BCUT2D eigenvalue weighted by atomic mass is 31.2. The van der Waals surface area contributed by atoms with Crippen molar-refractivity contribution in [3.05, 3.63) is 36.5 Å². The second-order valence-electron chi connectivity index (χ2n) is 15.9. The summed E-state index contributed by atoms with van der Waals surface area (Å²) in [5, 5.41) is 50.1. The summed E-state index contributed by atoms with van der Waals surface area (Å²) in [4.78, 5) is 35.7. The van der Waals surface area contributed by atoms with Gasteiger partial charge in [-0.2, -0.15) is 0 Å². The van der Waals surface area contributed by atoms with Crippen LogP contribution >= 0.6 is 7.82 Å². The van der Waals surface area contributed by atoms with Crippen molar-refractivity contribution in [3.8, 4) is 0 Å². The fourth-order valence-electron chi connectivity index (χ4n) is 6.83. The molecule has 1 fully saturated rings. The minimum absolute atomic E-state index is 0.0785. The first kappa shape index (κ1) is 55.1. The molecule has 0 bridgehead atoms. The van der Waals surface area contributed by atoms with Crippen molar-refractivity contribution >= 4 is 19.8 Å². The number of ether oxygens (including phenoxy) is 2. The highest BCUT2D eigenvalue weighted by molar-refractivity contribution is 7.47.